The van der Waals surface area contributed by atoms with Gasteiger partial charge in [0.1, 0.15) is 11.9 Å². The number of hydrogen-bond acceptors (Lipinski definition) is 5. The van der Waals surface area contributed by atoms with Crippen LogP contribution in [-0.4, -0.2) is 55.4 Å². The van der Waals surface area contributed by atoms with Crippen LogP contribution in [0.3, 0.4) is 0 Å². The average molecular weight is 458 g/mol. The number of halogens is 1. The number of methoxy groups -OCH3 is 2. The molecule has 3 aromatic rings. The van der Waals surface area contributed by atoms with E-state index in [4.69, 9.17) is 25.8 Å². The van der Waals surface area contributed by atoms with Crippen LogP contribution in [0.15, 0.2) is 54.9 Å². The van der Waals surface area contributed by atoms with Crippen molar-refractivity contribution in [3.8, 4) is 11.5 Å². The lowest BCUT2D eigenvalue weighted by Crippen LogP contribution is -2.24. The number of rotatable bonds is 12. The molecule has 0 N–H and O–H groups in total. The summed E-state index contributed by atoms with van der Waals surface area (Å²) >= 11 is 6.06. The second-order valence-electron chi connectivity index (χ2n) is 7.79. The van der Waals surface area contributed by atoms with Gasteiger partial charge in [-0.2, -0.15) is 0 Å². The molecule has 3 rings (SSSR count). The first kappa shape index (κ1) is 24.1. The van der Waals surface area contributed by atoms with Crippen molar-refractivity contribution < 1.29 is 14.2 Å². The van der Waals surface area contributed by atoms with E-state index in [0.29, 0.717) is 11.6 Å². The van der Waals surface area contributed by atoms with E-state index in [1.54, 1.807) is 20.4 Å². The Balaban J connectivity index is 1.49. The molecule has 1 unspecified atom stereocenters. The predicted octanol–water partition coefficient (Wildman–Crippen LogP) is 4.76. The lowest BCUT2D eigenvalue weighted by molar-refractivity contribution is 0.0661. The van der Waals surface area contributed by atoms with Crippen molar-refractivity contribution in [1.82, 2.24) is 14.5 Å². The van der Waals surface area contributed by atoms with Crippen molar-refractivity contribution in [1.29, 1.82) is 0 Å². The molecule has 0 saturated carbocycles. The quantitative estimate of drug-likeness (QED) is 0.367. The lowest BCUT2D eigenvalue weighted by Gasteiger charge is -2.20. The van der Waals surface area contributed by atoms with Gasteiger partial charge in [-0.1, -0.05) is 29.8 Å². The standard InChI is InChI=1S/C25H32ClN3O3/c1-28(15-12-19-6-11-22(30-3)23(18-19)31-4)14-5-17-32-24(25-27-13-16-29(25)2)20-7-9-21(26)10-8-20/h6-11,13,16,18,24H,5,12,14-15,17H2,1-4H3. The predicted molar refractivity (Wildman–Crippen MR) is 128 cm³/mol. The van der Waals surface area contributed by atoms with Gasteiger partial charge in [0.05, 0.1) is 14.2 Å². The average Bonchev–Trinajstić information content (AvgIpc) is 3.23. The van der Waals surface area contributed by atoms with Crippen LogP contribution >= 0.6 is 11.6 Å². The molecule has 1 aromatic heterocycles. The van der Waals surface area contributed by atoms with E-state index in [-0.39, 0.29) is 6.10 Å². The van der Waals surface area contributed by atoms with Crippen molar-refractivity contribution in [2.24, 2.45) is 7.05 Å². The monoisotopic (exact) mass is 457 g/mol. The van der Waals surface area contributed by atoms with Gasteiger partial charge in [-0.3, -0.25) is 0 Å². The van der Waals surface area contributed by atoms with E-state index < -0.39 is 0 Å². The summed E-state index contributed by atoms with van der Waals surface area (Å²) in [6, 6.07) is 13.8. The second kappa shape index (κ2) is 11.9. The van der Waals surface area contributed by atoms with Crippen LogP contribution in [0.2, 0.25) is 5.02 Å². The molecular weight excluding hydrogens is 426 g/mol. The minimum atomic E-state index is -0.218. The van der Waals surface area contributed by atoms with E-state index in [9.17, 15) is 0 Å². The van der Waals surface area contributed by atoms with Crippen molar-refractivity contribution in [3.05, 3.63) is 76.8 Å². The van der Waals surface area contributed by atoms with Crippen LogP contribution in [0.5, 0.6) is 11.5 Å². The Kier molecular flexibility index (Phi) is 8.97. The molecule has 7 heteroatoms. The first-order valence-corrected chi connectivity index (χ1v) is 11.1. The van der Waals surface area contributed by atoms with Crippen LogP contribution in [0.4, 0.5) is 0 Å². The fourth-order valence-corrected chi connectivity index (χ4v) is 3.72. The number of benzene rings is 2. The summed E-state index contributed by atoms with van der Waals surface area (Å²) in [4.78, 5) is 6.81. The minimum Gasteiger partial charge on any atom is -0.493 e. The molecule has 0 aliphatic carbocycles. The Labute approximate surface area is 195 Å². The summed E-state index contributed by atoms with van der Waals surface area (Å²) in [5, 5.41) is 0.712. The molecule has 0 saturated heterocycles. The third-order valence-electron chi connectivity index (χ3n) is 5.46. The van der Waals surface area contributed by atoms with Crippen molar-refractivity contribution in [2.45, 2.75) is 18.9 Å². The molecule has 32 heavy (non-hydrogen) atoms. The van der Waals surface area contributed by atoms with E-state index in [2.05, 4.69) is 23.0 Å². The Morgan fingerprint density at radius 3 is 2.44 bits per heavy atom. The molecular formula is C25H32ClN3O3. The van der Waals surface area contributed by atoms with Crippen molar-refractivity contribution >= 4 is 11.6 Å². The molecule has 0 amide bonds. The zero-order valence-corrected chi connectivity index (χ0v) is 20.0. The van der Waals surface area contributed by atoms with Crippen LogP contribution in [0.25, 0.3) is 0 Å². The van der Waals surface area contributed by atoms with Gasteiger partial charge >= 0.3 is 0 Å². The molecule has 0 fully saturated rings. The van der Waals surface area contributed by atoms with Gasteiger partial charge in [0.25, 0.3) is 0 Å². The van der Waals surface area contributed by atoms with Crippen LogP contribution in [0, 0.1) is 0 Å². The molecule has 1 heterocycles. The maximum absolute atomic E-state index is 6.28. The molecule has 0 spiro atoms. The zero-order chi connectivity index (χ0) is 22.9. The smallest absolute Gasteiger partial charge is 0.160 e. The first-order chi connectivity index (χ1) is 15.5. The molecule has 0 radical (unpaired) electrons. The van der Waals surface area contributed by atoms with Gasteiger partial charge < -0.3 is 23.7 Å². The lowest BCUT2D eigenvalue weighted by atomic mass is 10.1. The van der Waals surface area contributed by atoms with Crippen molar-refractivity contribution in [3.63, 3.8) is 0 Å². The molecule has 0 bridgehead atoms. The normalized spacial score (nSPS) is 12.2. The third kappa shape index (κ3) is 6.48. The Morgan fingerprint density at radius 1 is 1.03 bits per heavy atom. The maximum atomic E-state index is 6.28. The van der Waals surface area contributed by atoms with Crippen LogP contribution in [0.1, 0.15) is 29.5 Å². The summed E-state index contributed by atoms with van der Waals surface area (Å²) in [7, 11) is 7.43. The molecule has 0 aliphatic rings. The topological polar surface area (TPSA) is 48.8 Å². The summed E-state index contributed by atoms with van der Waals surface area (Å²) in [6.07, 6.45) is 5.38. The summed E-state index contributed by atoms with van der Waals surface area (Å²) < 4.78 is 19.0. The number of aryl methyl sites for hydroxylation is 1. The van der Waals surface area contributed by atoms with Crippen LogP contribution in [-0.2, 0) is 18.2 Å². The summed E-state index contributed by atoms with van der Waals surface area (Å²) in [5.74, 6) is 2.41. The molecule has 0 aliphatic heterocycles. The van der Waals surface area contributed by atoms with Crippen LogP contribution < -0.4 is 9.47 Å². The van der Waals surface area contributed by atoms with Gasteiger partial charge in [0.2, 0.25) is 0 Å². The maximum Gasteiger partial charge on any atom is 0.160 e. The number of nitrogens with zero attached hydrogens (tertiary/aromatic N) is 3. The highest BCUT2D eigenvalue weighted by molar-refractivity contribution is 6.30. The Morgan fingerprint density at radius 2 is 1.78 bits per heavy atom. The van der Waals surface area contributed by atoms with Gasteiger partial charge in [-0.25, -0.2) is 4.98 Å². The molecule has 1 atom stereocenters. The number of hydrogen-bond donors (Lipinski definition) is 0. The highest BCUT2D eigenvalue weighted by Crippen LogP contribution is 2.28. The highest BCUT2D eigenvalue weighted by Gasteiger charge is 2.19. The van der Waals surface area contributed by atoms with Gasteiger partial charge in [-0.15, -0.1) is 0 Å². The first-order valence-electron chi connectivity index (χ1n) is 10.8. The second-order valence-corrected chi connectivity index (χ2v) is 8.23. The molecule has 6 nitrogen and oxygen atoms in total. The number of likely N-dealkylation sites (N-methyl/N-ethyl adjacent to an activating group) is 1. The van der Waals surface area contributed by atoms with Gasteiger partial charge in [0.15, 0.2) is 11.5 Å². The van der Waals surface area contributed by atoms with E-state index in [0.717, 1.165) is 48.8 Å². The number of imidazole rings is 1. The van der Waals surface area contributed by atoms with Gasteiger partial charge in [-0.05, 0) is 55.3 Å². The van der Waals surface area contributed by atoms with E-state index >= 15 is 0 Å². The highest BCUT2D eigenvalue weighted by atomic mass is 35.5. The van der Waals surface area contributed by atoms with E-state index in [1.165, 1.54) is 5.56 Å². The zero-order valence-electron chi connectivity index (χ0n) is 19.3. The summed E-state index contributed by atoms with van der Waals surface area (Å²) in [5.41, 5.74) is 2.27. The fraction of sp³-hybridized carbons (Fsp3) is 0.400. The largest absolute Gasteiger partial charge is 0.493 e. The SMILES string of the molecule is COc1ccc(CCN(C)CCCOC(c2ccc(Cl)cc2)c2nccn2C)cc1OC. The van der Waals surface area contributed by atoms with Gasteiger partial charge in [0, 0.05) is 44.2 Å². The number of aromatic nitrogens is 2. The minimum absolute atomic E-state index is 0.218. The number of ether oxygens (including phenoxy) is 3. The molecule has 2 aromatic carbocycles. The fourth-order valence-electron chi connectivity index (χ4n) is 3.59. The Bertz CT molecular complexity index is 975. The summed E-state index contributed by atoms with van der Waals surface area (Å²) in [6.45, 7) is 2.54. The van der Waals surface area contributed by atoms with Crippen molar-refractivity contribution in [2.75, 3.05) is 41.0 Å². The van der Waals surface area contributed by atoms with E-state index in [1.807, 2.05) is 54.2 Å². The molecule has 172 valence electrons. The Hall–Kier alpha value is -2.54. The third-order valence-corrected chi connectivity index (χ3v) is 5.72.